The van der Waals surface area contributed by atoms with Crippen LogP contribution in [0.2, 0.25) is 0 Å². The lowest BCUT2D eigenvalue weighted by atomic mass is 10.1. The van der Waals surface area contributed by atoms with Gasteiger partial charge in [-0.15, -0.1) is 0 Å². The molecule has 0 aliphatic carbocycles. The molecule has 0 radical (unpaired) electrons. The minimum absolute atomic E-state index is 0.00205. The molecule has 0 unspecified atom stereocenters. The Kier molecular flexibility index (Phi) is 4.73. The third kappa shape index (κ3) is 3.28. The van der Waals surface area contributed by atoms with Gasteiger partial charge in [-0.3, -0.25) is 4.79 Å². The van der Waals surface area contributed by atoms with Gasteiger partial charge in [0.05, 0.1) is 4.90 Å². The lowest BCUT2D eigenvalue weighted by Gasteiger charge is -2.32. The van der Waals surface area contributed by atoms with Crippen molar-refractivity contribution in [3.8, 4) is 0 Å². The van der Waals surface area contributed by atoms with E-state index in [2.05, 4.69) is 0 Å². The Balaban J connectivity index is 1.79. The van der Waals surface area contributed by atoms with E-state index in [1.165, 1.54) is 0 Å². The van der Waals surface area contributed by atoms with Crippen LogP contribution in [0.5, 0.6) is 0 Å². The molecule has 1 aromatic rings. The van der Waals surface area contributed by atoms with Crippen molar-refractivity contribution in [3.05, 3.63) is 29.8 Å². The minimum atomic E-state index is -3.46. The van der Waals surface area contributed by atoms with Crippen molar-refractivity contribution < 1.29 is 13.2 Å². The summed E-state index contributed by atoms with van der Waals surface area (Å²) in [6, 6.07) is 6.46. The quantitative estimate of drug-likeness (QED) is 0.852. The van der Waals surface area contributed by atoms with E-state index < -0.39 is 10.0 Å². The van der Waals surface area contributed by atoms with E-state index in [0.29, 0.717) is 12.1 Å². The SMILES string of the molecule is C[C@H]1CCCCN1S(=O)(=O)c1ccc(C(=O)N2CCCC2)cc1. The maximum atomic E-state index is 12.8. The number of nitrogens with zero attached hydrogens (tertiary/aromatic N) is 2. The molecule has 1 aromatic carbocycles. The zero-order valence-corrected chi connectivity index (χ0v) is 14.4. The molecule has 0 saturated carbocycles. The number of likely N-dealkylation sites (tertiary alicyclic amines) is 1. The molecule has 5 nitrogen and oxygen atoms in total. The first-order valence-electron chi connectivity index (χ1n) is 8.41. The fourth-order valence-corrected chi connectivity index (χ4v) is 5.14. The molecular formula is C17H24N2O3S. The number of amides is 1. The zero-order chi connectivity index (χ0) is 16.4. The van der Waals surface area contributed by atoms with Crippen molar-refractivity contribution in [2.75, 3.05) is 19.6 Å². The van der Waals surface area contributed by atoms with E-state index in [-0.39, 0.29) is 16.8 Å². The first-order valence-corrected chi connectivity index (χ1v) is 9.85. The van der Waals surface area contributed by atoms with Crippen molar-refractivity contribution in [2.45, 2.75) is 50.0 Å². The molecule has 3 rings (SSSR count). The van der Waals surface area contributed by atoms with Gasteiger partial charge in [0.2, 0.25) is 10.0 Å². The summed E-state index contributed by atoms with van der Waals surface area (Å²) < 4.78 is 27.1. The third-order valence-corrected chi connectivity index (χ3v) is 6.87. The van der Waals surface area contributed by atoms with Crippen LogP contribution in [0, 0.1) is 0 Å². The molecular weight excluding hydrogens is 312 g/mol. The van der Waals surface area contributed by atoms with Gasteiger partial charge in [0.25, 0.3) is 5.91 Å². The lowest BCUT2D eigenvalue weighted by molar-refractivity contribution is 0.0792. The van der Waals surface area contributed by atoms with Gasteiger partial charge in [-0.05, 0) is 56.9 Å². The predicted molar refractivity (Wildman–Crippen MR) is 88.8 cm³/mol. The second-order valence-corrected chi connectivity index (χ2v) is 8.37. The first kappa shape index (κ1) is 16.5. The first-order chi connectivity index (χ1) is 11.0. The molecule has 0 N–H and O–H groups in total. The Morgan fingerprint density at radius 2 is 1.61 bits per heavy atom. The molecule has 0 bridgehead atoms. The third-order valence-electron chi connectivity index (χ3n) is 4.84. The molecule has 0 spiro atoms. The average molecular weight is 336 g/mol. The molecule has 1 atom stereocenters. The van der Waals surface area contributed by atoms with Gasteiger partial charge in [-0.2, -0.15) is 4.31 Å². The minimum Gasteiger partial charge on any atom is -0.339 e. The van der Waals surface area contributed by atoms with Crippen LogP contribution in [0.4, 0.5) is 0 Å². The van der Waals surface area contributed by atoms with Crippen LogP contribution in [0.3, 0.4) is 0 Å². The Bertz CT molecular complexity index is 664. The van der Waals surface area contributed by atoms with Crippen LogP contribution >= 0.6 is 0 Å². The number of sulfonamides is 1. The molecule has 2 saturated heterocycles. The zero-order valence-electron chi connectivity index (χ0n) is 13.6. The molecule has 2 fully saturated rings. The summed E-state index contributed by atoms with van der Waals surface area (Å²) in [6.07, 6.45) is 4.99. The molecule has 2 aliphatic rings. The van der Waals surface area contributed by atoms with Gasteiger partial charge in [0.15, 0.2) is 0 Å². The highest BCUT2D eigenvalue weighted by atomic mass is 32.2. The average Bonchev–Trinajstić information content (AvgIpc) is 3.09. The summed E-state index contributed by atoms with van der Waals surface area (Å²) in [5.74, 6) is -0.00205. The summed E-state index contributed by atoms with van der Waals surface area (Å²) in [4.78, 5) is 14.4. The van der Waals surface area contributed by atoms with Crippen LogP contribution in [0.25, 0.3) is 0 Å². The van der Waals surface area contributed by atoms with Crippen molar-refractivity contribution in [2.24, 2.45) is 0 Å². The van der Waals surface area contributed by atoms with E-state index >= 15 is 0 Å². The summed E-state index contributed by atoms with van der Waals surface area (Å²) in [5, 5.41) is 0. The molecule has 0 aromatic heterocycles. The van der Waals surface area contributed by atoms with Crippen LogP contribution in [0.15, 0.2) is 29.2 Å². The van der Waals surface area contributed by atoms with Crippen LogP contribution in [-0.2, 0) is 10.0 Å². The van der Waals surface area contributed by atoms with E-state index in [4.69, 9.17) is 0 Å². The second kappa shape index (κ2) is 6.61. The Morgan fingerprint density at radius 3 is 2.22 bits per heavy atom. The van der Waals surface area contributed by atoms with Gasteiger partial charge in [-0.25, -0.2) is 8.42 Å². The number of hydrogen-bond acceptors (Lipinski definition) is 3. The van der Waals surface area contributed by atoms with Crippen LogP contribution < -0.4 is 0 Å². The highest BCUT2D eigenvalue weighted by molar-refractivity contribution is 7.89. The highest BCUT2D eigenvalue weighted by Crippen LogP contribution is 2.25. The number of benzene rings is 1. The number of hydrogen-bond donors (Lipinski definition) is 0. The van der Waals surface area contributed by atoms with Gasteiger partial charge in [0.1, 0.15) is 0 Å². The molecule has 6 heteroatoms. The fraction of sp³-hybridized carbons (Fsp3) is 0.588. The molecule has 126 valence electrons. The molecule has 23 heavy (non-hydrogen) atoms. The van der Waals surface area contributed by atoms with E-state index in [1.54, 1.807) is 28.6 Å². The van der Waals surface area contributed by atoms with Crippen LogP contribution in [-0.4, -0.2) is 49.2 Å². The number of carbonyl (C=O) groups excluding carboxylic acids is 1. The normalized spacial score (nSPS) is 23.2. The van der Waals surface area contributed by atoms with Gasteiger partial charge < -0.3 is 4.90 Å². The highest BCUT2D eigenvalue weighted by Gasteiger charge is 2.31. The Labute approximate surface area is 138 Å². The summed E-state index contributed by atoms with van der Waals surface area (Å²) >= 11 is 0. The van der Waals surface area contributed by atoms with Crippen molar-refractivity contribution in [3.63, 3.8) is 0 Å². The lowest BCUT2D eigenvalue weighted by Crippen LogP contribution is -2.41. The number of rotatable bonds is 3. The smallest absolute Gasteiger partial charge is 0.253 e. The van der Waals surface area contributed by atoms with Crippen molar-refractivity contribution >= 4 is 15.9 Å². The predicted octanol–water partition coefficient (Wildman–Crippen LogP) is 2.49. The largest absolute Gasteiger partial charge is 0.339 e. The standard InChI is InChI=1S/C17H24N2O3S/c1-14-6-2-3-13-19(14)23(21,22)16-9-7-15(8-10-16)17(20)18-11-4-5-12-18/h7-10,14H,2-6,11-13H2,1H3/t14-/m0/s1. The molecule has 1 amide bonds. The fourth-order valence-electron chi connectivity index (χ4n) is 3.44. The maximum absolute atomic E-state index is 12.8. The Morgan fingerprint density at radius 1 is 1.00 bits per heavy atom. The van der Waals surface area contributed by atoms with Crippen molar-refractivity contribution in [1.29, 1.82) is 0 Å². The van der Waals surface area contributed by atoms with Crippen molar-refractivity contribution in [1.82, 2.24) is 9.21 Å². The number of carbonyl (C=O) groups is 1. The van der Waals surface area contributed by atoms with Gasteiger partial charge in [-0.1, -0.05) is 6.42 Å². The van der Waals surface area contributed by atoms with E-state index in [1.807, 2.05) is 11.8 Å². The van der Waals surface area contributed by atoms with Gasteiger partial charge in [0, 0.05) is 31.2 Å². The van der Waals surface area contributed by atoms with E-state index in [9.17, 15) is 13.2 Å². The topological polar surface area (TPSA) is 57.7 Å². The molecule has 2 aliphatic heterocycles. The van der Waals surface area contributed by atoms with E-state index in [0.717, 1.165) is 45.2 Å². The number of piperidine rings is 1. The summed E-state index contributed by atoms with van der Waals surface area (Å²) in [6.45, 7) is 4.13. The second-order valence-electron chi connectivity index (χ2n) is 6.48. The summed E-state index contributed by atoms with van der Waals surface area (Å²) in [7, 11) is -3.46. The molecule has 2 heterocycles. The Hall–Kier alpha value is -1.40. The maximum Gasteiger partial charge on any atom is 0.253 e. The van der Waals surface area contributed by atoms with Gasteiger partial charge >= 0.3 is 0 Å². The monoisotopic (exact) mass is 336 g/mol. The van der Waals surface area contributed by atoms with Crippen LogP contribution in [0.1, 0.15) is 49.4 Å². The summed E-state index contributed by atoms with van der Waals surface area (Å²) in [5.41, 5.74) is 0.567.